The van der Waals surface area contributed by atoms with Gasteiger partial charge in [-0.15, -0.1) is 0 Å². The standard InChI is InChI=1S/C9H12N2O4/c1-5(2)7-6(9(13)14-3)8(10-4-12)15-11-7/h4-5H,1-3H3,(H,10,12). The highest BCUT2D eigenvalue weighted by molar-refractivity contribution is 5.97. The van der Waals surface area contributed by atoms with Gasteiger partial charge in [-0.25, -0.2) is 4.79 Å². The summed E-state index contributed by atoms with van der Waals surface area (Å²) in [7, 11) is 1.25. The Hall–Kier alpha value is -1.85. The van der Waals surface area contributed by atoms with Crippen molar-refractivity contribution in [1.82, 2.24) is 5.16 Å². The van der Waals surface area contributed by atoms with Crippen LogP contribution in [0.25, 0.3) is 0 Å². The molecular formula is C9H12N2O4. The molecule has 6 heteroatoms. The molecule has 0 aliphatic rings. The number of aromatic nitrogens is 1. The summed E-state index contributed by atoms with van der Waals surface area (Å²) in [5, 5.41) is 5.96. The lowest BCUT2D eigenvalue weighted by atomic mass is 10.1. The second-order valence-corrected chi connectivity index (χ2v) is 3.18. The van der Waals surface area contributed by atoms with Crippen LogP contribution in [-0.4, -0.2) is 24.6 Å². The van der Waals surface area contributed by atoms with Crippen molar-refractivity contribution in [3.05, 3.63) is 11.3 Å². The van der Waals surface area contributed by atoms with Crippen LogP contribution in [0.5, 0.6) is 0 Å². The van der Waals surface area contributed by atoms with Gasteiger partial charge in [-0.05, 0) is 0 Å². The summed E-state index contributed by atoms with van der Waals surface area (Å²) in [5.41, 5.74) is 0.630. The van der Waals surface area contributed by atoms with Crippen molar-refractivity contribution in [2.24, 2.45) is 0 Å². The van der Waals surface area contributed by atoms with Crippen LogP contribution in [0.4, 0.5) is 5.88 Å². The Balaban J connectivity index is 3.19. The molecule has 0 saturated heterocycles. The lowest BCUT2D eigenvalue weighted by Crippen LogP contribution is -2.08. The maximum atomic E-state index is 11.4. The highest BCUT2D eigenvalue weighted by Gasteiger charge is 2.25. The summed E-state index contributed by atoms with van der Waals surface area (Å²) in [6.07, 6.45) is 0.414. The van der Waals surface area contributed by atoms with Gasteiger partial charge in [0.25, 0.3) is 0 Å². The molecule has 0 unspecified atom stereocenters. The Morgan fingerprint density at radius 1 is 1.60 bits per heavy atom. The molecule has 0 aromatic carbocycles. The molecule has 1 N–H and O–H groups in total. The van der Waals surface area contributed by atoms with Crippen molar-refractivity contribution in [1.29, 1.82) is 0 Å². The van der Waals surface area contributed by atoms with Gasteiger partial charge in [0.05, 0.1) is 7.11 Å². The number of rotatable bonds is 4. The first-order valence-electron chi connectivity index (χ1n) is 4.39. The Kier molecular flexibility index (Phi) is 3.43. The van der Waals surface area contributed by atoms with Crippen LogP contribution in [0.2, 0.25) is 0 Å². The van der Waals surface area contributed by atoms with Gasteiger partial charge in [-0.2, -0.15) is 0 Å². The van der Waals surface area contributed by atoms with Gasteiger partial charge in [0.15, 0.2) is 0 Å². The van der Waals surface area contributed by atoms with Crippen LogP contribution < -0.4 is 5.32 Å². The van der Waals surface area contributed by atoms with E-state index in [0.717, 1.165) is 0 Å². The van der Waals surface area contributed by atoms with Gasteiger partial charge in [0.2, 0.25) is 12.3 Å². The van der Waals surface area contributed by atoms with Crippen LogP contribution in [0, 0.1) is 0 Å². The van der Waals surface area contributed by atoms with Crippen molar-refractivity contribution in [3.63, 3.8) is 0 Å². The number of esters is 1. The second-order valence-electron chi connectivity index (χ2n) is 3.18. The summed E-state index contributed by atoms with van der Waals surface area (Å²) in [6, 6.07) is 0. The minimum absolute atomic E-state index is 0.00468. The topological polar surface area (TPSA) is 81.4 Å². The molecule has 1 aromatic heterocycles. The summed E-state index contributed by atoms with van der Waals surface area (Å²) in [4.78, 5) is 21.7. The van der Waals surface area contributed by atoms with Crippen molar-refractivity contribution >= 4 is 18.3 Å². The van der Waals surface area contributed by atoms with Gasteiger partial charge in [0, 0.05) is 5.92 Å². The first-order chi connectivity index (χ1) is 7.11. The zero-order chi connectivity index (χ0) is 11.4. The molecular weight excluding hydrogens is 200 g/mol. The second kappa shape index (κ2) is 4.59. The highest BCUT2D eigenvalue weighted by Crippen LogP contribution is 2.25. The van der Waals surface area contributed by atoms with Crippen LogP contribution in [0.1, 0.15) is 35.8 Å². The fraction of sp³-hybridized carbons (Fsp3) is 0.444. The van der Waals surface area contributed by atoms with Crippen LogP contribution >= 0.6 is 0 Å². The van der Waals surface area contributed by atoms with Gasteiger partial charge >= 0.3 is 5.97 Å². The molecule has 15 heavy (non-hydrogen) atoms. The number of ether oxygens (including phenoxy) is 1. The van der Waals surface area contributed by atoms with Crippen LogP contribution in [0.3, 0.4) is 0 Å². The number of hydrogen-bond donors (Lipinski definition) is 1. The molecule has 0 atom stereocenters. The third-order valence-electron chi connectivity index (χ3n) is 1.84. The smallest absolute Gasteiger partial charge is 0.345 e. The third-order valence-corrected chi connectivity index (χ3v) is 1.84. The molecule has 1 heterocycles. The van der Waals surface area contributed by atoms with E-state index < -0.39 is 5.97 Å². The Morgan fingerprint density at radius 3 is 2.73 bits per heavy atom. The van der Waals surface area contributed by atoms with Gasteiger partial charge in [-0.1, -0.05) is 19.0 Å². The average Bonchev–Trinajstić information content (AvgIpc) is 2.61. The van der Waals surface area contributed by atoms with E-state index in [0.29, 0.717) is 12.1 Å². The summed E-state index contributed by atoms with van der Waals surface area (Å²) in [5.74, 6) is -0.560. The summed E-state index contributed by atoms with van der Waals surface area (Å²) < 4.78 is 9.40. The van der Waals surface area contributed by atoms with E-state index in [2.05, 4.69) is 15.2 Å². The van der Waals surface area contributed by atoms with E-state index in [1.165, 1.54) is 7.11 Å². The molecule has 1 rings (SSSR count). The number of nitrogens with one attached hydrogen (secondary N) is 1. The number of nitrogens with zero attached hydrogens (tertiary/aromatic N) is 1. The number of carbonyl (C=O) groups is 2. The minimum Gasteiger partial charge on any atom is -0.465 e. The van der Waals surface area contributed by atoms with Crippen molar-refractivity contribution in [3.8, 4) is 0 Å². The van der Waals surface area contributed by atoms with Crippen LogP contribution in [-0.2, 0) is 9.53 Å². The third kappa shape index (κ3) is 2.15. The first kappa shape index (κ1) is 11.2. The number of amides is 1. The van der Waals surface area contributed by atoms with E-state index in [4.69, 9.17) is 4.52 Å². The fourth-order valence-electron chi connectivity index (χ4n) is 1.15. The molecule has 0 fully saturated rings. The monoisotopic (exact) mass is 212 g/mol. The maximum absolute atomic E-state index is 11.4. The zero-order valence-electron chi connectivity index (χ0n) is 8.73. The minimum atomic E-state index is -0.579. The van der Waals surface area contributed by atoms with Gasteiger partial charge in [0.1, 0.15) is 11.3 Å². The Bertz CT molecular complexity index is 370. The lowest BCUT2D eigenvalue weighted by Gasteiger charge is -2.02. The number of carbonyl (C=O) groups excluding carboxylic acids is 2. The average molecular weight is 212 g/mol. The SMILES string of the molecule is COC(=O)c1c(C(C)C)noc1NC=O. The Labute approximate surface area is 86.6 Å². The largest absolute Gasteiger partial charge is 0.465 e. The van der Waals surface area contributed by atoms with Crippen LogP contribution in [0.15, 0.2) is 4.52 Å². The number of methoxy groups -OCH3 is 1. The van der Waals surface area contributed by atoms with E-state index in [1.54, 1.807) is 0 Å². The summed E-state index contributed by atoms with van der Waals surface area (Å²) >= 11 is 0. The quantitative estimate of drug-likeness (QED) is 0.598. The van der Waals surface area contributed by atoms with Gasteiger partial charge in [-0.3, -0.25) is 10.1 Å². The molecule has 0 aliphatic carbocycles. The first-order valence-corrected chi connectivity index (χ1v) is 4.39. The molecule has 0 aliphatic heterocycles. The summed E-state index contributed by atoms with van der Waals surface area (Å²) in [6.45, 7) is 3.71. The fourth-order valence-corrected chi connectivity index (χ4v) is 1.15. The molecule has 0 bridgehead atoms. The molecule has 0 saturated carbocycles. The number of anilines is 1. The molecule has 1 amide bonds. The predicted molar refractivity (Wildman–Crippen MR) is 51.6 cm³/mol. The molecule has 6 nitrogen and oxygen atoms in total. The van der Waals surface area contributed by atoms with Crippen molar-refractivity contribution < 1.29 is 18.8 Å². The molecule has 0 radical (unpaired) electrons. The molecule has 1 aromatic rings. The predicted octanol–water partition coefficient (Wildman–Crippen LogP) is 1.15. The zero-order valence-corrected chi connectivity index (χ0v) is 8.73. The highest BCUT2D eigenvalue weighted by atomic mass is 16.5. The molecule has 0 spiro atoms. The van der Waals surface area contributed by atoms with E-state index in [-0.39, 0.29) is 17.4 Å². The normalized spacial score (nSPS) is 10.1. The Morgan fingerprint density at radius 2 is 2.27 bits per heavy atom. The van der Waals surface area contributed by atoms with Crippen molar-refractivity contribution in [2.75, 3.05) is 12.4 Å². The number of hydrogen-bond acceptors (Lipinski definition) is 5. The van der Waals surface area contributed by atoms with E-state index in [9.17, 15) is 9.59 Å². The van der Waals surface area contributed by atoms with E-state index in [1.807, 2.05) is 13.8 Å². The van der Waals surface area contributed by atoms with E-state index >= 15 is 0 Å². The maximum Gasteiger partial charge on any atom is 0.345 e. The lowest BCUT2D eigenvalue weighted by molar-refractivity contribution is -0.105. The van der Waals surface area contributed by atoms with Gasteiger partial charge < -0.3 is 9.26 Å². The van der Waals surface area contributed by atoms with Crippen molar-refractivity contribution in [2.45, 2.75) is 19.8 Å². The molecule has 82 valence electrons.